The Morgan fingerprint density at radius 3 is 2.40 bits per heavy atom. The van der Waals surface area contributed by atoms with Crippen molar-refractivity contribution < 1.29 is 9.18 Å². The maximum atomic E-state index is 13.8. The first-order valence-electron chi connectivity index (χ1n) is 9.77. The van der Waals surface area contributed by atoms with Gasteiger partial charge >= 0.3 is 0 Å². The van der Waals surface area contributed by atoms with Gasteiger partial charge in [0.05, 0.1) is 5.75 Å². The Hall–Kier alpha value is -2.67. The number of amides is 1. The number of aromatic nitrogens is 3. The number of hydrogen-bond acceptors (Lipinski definition) is 4. The van der Waals surface area contributed by atoms with E-state index in [0.717, 1.165) is 11.4 Å². The van der Waals surface area contributed by atoms with E-state index in [1.54, 1.807) is 25.2 Å². The molecule has 1 heterocycles. The van der Waals surface area contributed by atoms with E-state index in [9.17, 15) is 9.18 Å². The second kappa shape index (κ2) is 9.00. The molecule has 0 aliphatic heterocycles. The van der Waals surface area contributed by atoms with E-state index in [1.807, 2.05) is 23.7 Å². The van der Waals surface area contributed by atoms with Crippen LogP contribution in [0.3, 0.4) is 0 Å². The van der Waals surface area contributed by atoms with Gasteiger partial charge in [-0.1, -0.05) is 75.0 Å². The van der Waals surface area contributed by atoms with Gasteiger partial charge in [0.1, 0.15) is 5.82 Å². The first-order valence-corrected chi connectivity index (χ1v) is 10.8. The highest BCUT2D eigenvalue weighted by atomic mass is 32.2. The second-order valence-electron chi connectivity index (χ2n) is 8.32. The van der Waals surface area contributed by atoms with Gasteiger partial charge in [-0.05, 0) is 17.0 Å². The molecule has 0 aliphatic carbocycles. The molecule has 0 N–H and O–H groups in total. The molecule has 158 valence electrons. The minimum absolute atomic E-state index is 0.0917. The van der Waals surface area contributed by atoms with E-state index in [-0.39, 0.29) is 29.4 Å². The quantitative estimate of drug-likeness (QED) is 0.538. The van der Waals surface area contributed by atoms with Crippen LogP contribution < -0.4 is 0 Å². The molecule has 0 fully saturated rings. The van der Waals surface area contributed by atoms with Gasteiger partial charge in [-0.2, -0.15) is 0 Å². The average molecular weight is 427 g/mol. The van der Waals surface area contributed by atoms with Crippen LogP contribution in [-0.4, -0.2) is 38.4 Å². The molecule has 0 radical (unpaired) electrons. The van der Waals surface area contributed by atoms with E-state index in [1.165, 1.54) is 28.3 Å². The smallest absolute Gasteiger partial charge is 0.233 e. The van der Waals surface area contributed by atoms with Crippen LogP contribution in [0.15, 0.2) is 53.7 Å². The van der Waals surface area contributed by atoms with Crippen LogP contribution in [0.25, 0.3) is 11.4 Å². The van der Waals surface area contributed by atoms with E-state index in [2.05, 4.69) is 43.1 Å². The van der Waals surface area contributed by atoms with Crippen LogP contribution in [0.2, 0.25) is 0 Å². The van der Waals surface area contributed by atoms with E-state index < -0.39 is 0 Å². The van der Waals surface area contributed by atoms with Crippen molar-refractivity contribution in [3.8, 4) is 11.4 Å². The summed E-state index contributed by atoms with van der Waals surface area (Å²) in [4.78, 5) is 14.0. The molecule has 2 aromatic carbocycles. The minimum Gasteiger partial charge on any atom is -0.341 e. The lowest BCUT2D eigenvalue weighted by Crippen LogP contribution is -2.28. The van der Waals surface area contributed by atoms with Gasteiger partial charge in [0.15, 0.2) is 11.0 Å². The van der Waals surface area contributed by atoms with Crippen molar-refractivity contribution in [3.63, 3.8) is 0 Å². The largest absolute Gasteiger partial charge is 0.341 e. The summed E-state index contributed by atoms with van der Waals surface area (Å²) in [5.41, 5.74) is 2.83. The first kappa shape index (κ1) is 22.0. The summed E-state index contributed by atoms with van der Waals surface area (Å²) in [5.74, 6) is 0.563. The number of carbonyl (C=O) groups is 1. The average Bonchev–Trinajstić information content (AvgIpc) is 3.07. The molecule has 0 unspecified atom stereocenters. The third-order valence-corrected chi connectivity index (χ3v) is 5.96. The number of thioether (sulfide) groups is 1. The fourth-order valence-electron chi connectivity index (χ4n) is 3.02. The van der Waals surface area contributed by atoms with Crippen molar-refractivity contribution in [2.45, 2.75) is 37.9 Å². The SMILES string of the molecule is CN(Cc1ccccc1F)C(=O)CSc1nnc(-c2ccc(C(C)(C)C)cc2)n1C. The van der Waals surface area contributed by atoms with Gasteiger partial charge in [0.2, 0.25) is 5.91 Å². The third kappa shape index (κ3) is 5.08. The molecule has 0 saturated heterocycles. The molecule has 5 nitrogen and oxygen atoms in total. The lowest BCUT2D eigenvalue weighted by molar-refractivity contribution is -0.127. The number of rotatable bonds is 6. The maximum Gasteiger partial charge on any atom is 0.233 e. The summed E-state index contributed by atoms with van der Waals surface area (Å²) < 4.78 is 15.7. The molecular weight excluding hydrogens is 399 g/mol. The van der Waals surface area contributed by atoms with Gasteiger partial charge in [0.25, 0.3) is 0 Å². The van der Waals surface area contributed by atoms with Crippen molar-refractivity contribution in [1.29, 1.82) is 0 Å². The zero-order valence-electron chi connectivity index (χ0n) is 18.0. The molecule has 0 bridgehead atoms. The fraction of sp³-hybridized carbons (Fsp3) is 0.348. The van der Waals surface area contributed by atoms with Crippen LogP contribution in [0.5, 0.6) is 0 Å². The summed E-state index contributed by atoms with van der Waals surface area (Å²) in [7, 11) is 3.57. The maximum absolute atomic E-state index is 13.8. The molecule has 1 amide bonds. The number of benzene rings is 2. The molecule has 7 heteroatoms. The molecule has 0 saturated carbocycles. The van der Waals surface area contributed by atoms with Gasteiger partial charge < -0.3 is 9.47 Å². The van der Waals surface area contributed by atoms with Crippen molar-refractivity contribution in [1.82, 2.24) is 19.7 Å². The topological polar surface area (TPSA) is 51.0 Å². The van der Waals surface area contributed by atoms with Crippen molar-refractivity contribution in [3.05, 3.63) is 65.5 Å². The zero-order chi connectivity index (χ0) is 21.9. The summed E-state index contributed by atoms with van der Waals surface area (Å²) in [6.45, 7) is 6.77. The predicted molar refractivity (Wildman–Crippen MR) is 119 cm³/mol. The first-order chi connectivity index (χ1) is 14.2. The fourth-order valence-corrected chi connectivity index (χ4v) is 3.87. The van der Waals surface area contributed by atoms with Crippen molar-refractivity contribution >= 4 is 17.7 Å². The Morgan fingerprint density at radius 1 is 1.10 bits per heavy atom. The Balaban J connectivity index is 1.63. The number of hydrogen-bond donors (Lipinski definition) is 0. The number of halogens is 1. The lowest BCUT2D eigenvalue weighted by Gasteiger charge is -2.19. The highest BCUT2D eigenvalue weighted by Crippen LogP contribution is 2.27. The molecule has 0 spiro atoms. The van der Waals surface area contributed by atoms with E-state index in [0.29, 0.717) is 10.7 Å². The number of nitrogens with zero attached hydrogens (tertiary/aromatic N) is 4. The highest BCUT2D eigenvalue weighted by Gasteiger charge is 2.17. The molecule has 3 rings (SSSR count). The normalized spacial score (nSPS) is 11.5. The van der Waals surface area contributed by atoms with Crippen LogP contribution in [-0.2, 0) is 23.8 Å². The Labute approximate surface area is 181 Å². The van der Waals surface area contributed by atoms with Gasteiger partial charge in [-0.3, -0.25) is 4.79 Å². The van der Waals surface area contributed by atoms with Gasteiger partial charge in [-0.25, -0.2) is 4.39 Å². The molecule has 3 aromatic rings. The van der Waals surface area contributed by atoms with Gasteiger partial charge in [-0.15, -0.1) is 10.2 Å². The summed E-state index contributed by atoms with van der Waals surface area (Å²) in [6.07, 6.45) is 0. The molecule has 30 heavy (non-hydrogen) atoms. The summed E-state index contributed by atoms with van der Waals surface area (Å²) in [6, 6.07) is 14.8. The van der Waals surface area contributed by atoms with Crippen LogP contribution in [0.1, 0.15) is 31.9 Å². The summed E-state index contributed by atoms with van der Waals surface area (Å²) >= 11 is 1.33. The molecular formula is C23H27FN4OS. The van der Waals surface area contributed by atoms with Gasteiger partial charge in [0, 0.05) is 31.8 Å². The highest BCUT2D eigenvalue weighted by molar-refractivity contribution is 7.99. The van der Waals surface area contributed by atoms with Crippen LogP contribution in [0, 0.1) is 5.82 Å². The summed E-state index contributed by atoms with van der Waals surface area (Å²) in [5, 5.41) is 9.20. The van der Waals surface area contributed by atoms with Crippen molar-refractivity contribution in [2.24, 2.45) is 7.05 Å². The van der Waals surface area contributed by atoms with Crippen molar-refractivity contribution in [2.75, 3.05) is 12.8 Å². The molecule has 0 atom stereocenters. The van der Waals surface area contributed by atoms with E-state index >= 15 is 0 Å². The van der Waals surface area contributed by atoms with Crippen LogP contribution in [0.4, 0.5) is 4.39 Å². The Kier molecular flexibility index (Phi) is 6.61. The Bertz CT molecular complexity index is 1020. The standard InChI is InChI=1S/C23H27FN4OS/c1-23(2,3)18-12-10-16(11-13-18)21-25-26-22(28(21)5)30-15-20(29)27(4)14-17-8-6-7-9-19(17)24/h6-13H,14-15H2,1-5H3. The Morgan fingerprint density at radius 2 is 1.77 bits per heavy atom. The van der Waals surface area contributed by atoms with Crippen LogP contribution >= 0.6 is 11.8 Å². The molecule has 0 aliphatic rings. The monoisotopic (exact) mass is 426 g/mol. The predicted octanol–water partition coefficient (Wildman–Crippen LogP) is 4.67. The number of carbonyl (C=O) groups excluding carboxylic acids is 1. The molecule has 1 aromatic heterocycles. The van der Waals surface area contributed by atoms with E-state index in [4.69, 9.17) is 0 Å². The third-order valence-electron chi connectivity index (χ3n) is 4.96. The zero-order valence-corrected chi connectivity index (χ0v) is 18.8. The lowest BCUT2D eigenvalue weighted by atomic mass is 9.87. The second-order valence-corrected chi connectivity index (χ2v) is 9.26. The minimum atomic E-state index is -0.305.